The molecule has 0 aromatic carbocycles. The molecule has 316 valence electrons. The fraction of sp³-hybridized carbons (Fsp3) is 0.667. The molecule has 0 radical (unpaired) electrons. The molecule has 0 aromatic heterocycles. The molecule has 0 aliphatic rings. The largest absolute Gasteiger partial charge is 0.472 e. The van der Waals surface area contributed by atoms with Crippen molar-refractivity contribution in [1.82, 2.24) is 5.32 Å². The molecule has 0 aromatic rings. The van der Waals surface area contributed by atoms with Gasteiger partial charge in [-0.25, -0.2) is 4.57 Å². The number of hydrogen-bond donors (Lipinski definition) is 4. The van der Waals surface area contributed by atoms with E-state index in [-0.39, 0.29) is 25.5 Å². The van der Waals surface area contributed by atoms with Crippen LogP contribution in [-0.2, 0) is 18.4 Å². The number of carbonyl (C=O) groups excluding carboxylic acids is 1. The molecule has 0 saturated heterocycles. The SMILES string of the molecule is CC/C=C\C/C=C\CC(O)/C=C/C=C\C/C=C\C/C=C\CCC(=O)N[C@@H](COP(=O)(O)OCC[N+](C)(C)C)[C@H](O)/C=C/CCCCCCCCCCCCC. The van der Waals surface area contributed by atoms with Crippen molar-refractivity contribution in [2.75, 3.05) is 40.9 Å². The topological polar surface area (TPSA) is 125 Å². The first-order valence-corrected chi connectivity index (χ1v) is 22.6. The highest BCUT2D eigenvalue weighted by atomic mass is 31.2. The lowest BCUT2D eigenvalue weighted by molar-refractivity contribution is -0.870. The monoisotopic (exact) mass is 792 g/mol. The Balaban J connectivity index is 4.68. The van der Waals surface area contributed by atoms with Crippen molar-refractivity contribution in [3.05, 3.63) is 85.1 Å². The number of nitrogens with one attached hydrogen (secondary N) is 1. The number of aliphatic hydroxyl groups is 2. The first-order chi connectivity index (χ1) is 26.4. The van der Waals surface area contributed by atoms with Gasteiger partial charge in [-0.2, -0.15) is 0 Å². The standard InChI is InChI=1S/C45H79N2O7P/c1-6-8-10-12-14-15-16-17-18-22-25-29-33-37-44(49)43(41-54-55(51,52)53-40-39-47(3,4)5)46-45(50)38-34-30-26-23-20-19-21-24-28-32-36-42(48)35-31-27-13-11-9-7-2/h9,11,19-20,24,26-28,30-33,36-37,42-44,48-49H,6-8,10,12-18,21-23,25,29,34-35,38-41H2,1-5H3,(H-,46,50,51,52)/p+1/b11-9-,20-19-,28-24-,30-26-,31-27-,36-32+,37-33+/t42?,43-,44+/m0/s1. The third kappa shape index (κ3) is 38.3. The molecule has 0 aliphatic heterocycles. The van der Waals surface area contributed by atoms with Crippen molar-refractivity contribution in [1.29, 1.82) is 0 Å². The second-order valence-corrected chi connectivity index (χ2v) is 16.6. The summed E-state index contributed by atoms with van der Waals surface area (Å²) in [4.78, 5) is 23.0. The van der Waals surface area contributed by atoms with Gasteiger partial charge in [0.05, 0.1) is 46.0 Å². The third-order valence-corrected chi connectivity index (χ3v) is 9.70. The van der Waals surface area contributed by atoms with E-state index in [2.05, 4.69) is 49.5 Å². The lowest BCUT2D eigenvalue weighted by Gasteiger charge is -2.25. The van der Waals surface area contributed by atoms with Gasteiger partial charge < -0.3 is 24.9 Å². The van der Waals surface area contributed by atoms with Gasteiger partial charge in [0, 0.05) is 6.42 Å². The third-order valence-electron chi connectivity index (χ3n) is 8.71. The number of quaternary nitrogens is 1. The highest BCUT2D eigenvalue weighted by Crippen LogP contribution is 2.43. The predicted octanol–water partition coefficient (Wildman–Crippen LogP) is 10.4. The number of carbonyl (C=O) groups is 1. The zero-order valence-corrected chi connectivity index (χ0v) is 36.1. The highest BCUT2D eigenvalue weighted by Gasteiger charge is 2.27. The average molecular weight is 792 g/mol. The Morgan fingerprint density at radius 2 is 1.27 bits per heavy atom. The Hall–Kier alpha value is -2.36. The maximum absolute atomic E-state index is 12.8. The van der Waals surface area contributed by atoms with E-state index in [1.807, 2.05) is 63.7 Å². The molecular formula is C45H80N2O7P+. The van der Waals surface area contributed by atoms with E-state index in [1.165, 1.54) is 57.8 Å². The van der Waals surface area contributed by atoms with Crippen LogP contribution >= 0.6 is 7.82 Å². The van der Waals surface area contributed by atoms with Gasteiger partial charge >= 0.3 is 7.82 Å². The number of amides is 1. The Morgan fingerprint density at radius 3 is 1.91 bits per heavy atom. The molecule has 9 nitrogen and oxygen atoms in total. The molecule has 10 heteroatoms. The van der Waals surface area contributed by atoms with E-state index in [1.54, 1.807) is 12.2 Å². The lowest BCUT2D eigenvalue weighted by Crippen LogP contribution is -2.45. The van der Waals surface area contributed by atoms with Crippen LogP contribution in [0.4, 0.5) is 0 Å². The van der Waals surface area contributed by atoms with E-state index in [0.29, 0.717) is 23.9 Å². The summed E-state index contributed by atoms with van der Waals surface area (Å²) in [7, 11) is 1.48. The molecular weight excluding hydrogens is 711 g/mol. The number of likely N-dealkylation sites (N-methyl/N-ethyl adjacent to an activating group) is 1. The van der Waals surface area contributed by atoms with Crippen LogP contribution in [0.2, 0.25) is 0 Å². The normalized spacial score (nSPS) is 15.9. The summed E-state index contributed by atoms with van der Waals surface area (Å²) in [5, 5.41) is 23.7. The fourth-order valence-electron chi connectivity index (χ4n) is 5.32. The van der Waals surface area contributed by atoms with Crippen molar-refractivity contribution in [2.24, 2.45) is 0 Å². The van der Waals surface area contributed by atoms with Crippen LogP contribution in [0.15, 0.2) is 85.1 Å². The number of aliphatic hydroxyl groups excluding tert-OH is 2. The van der Waals surface area contributed by atoms with Crippen molar-refractivity contribution < 1.29 is 38.0 Å². The van der Waals surface area contributed by atoms with Gasteiger partial charge in [-0.3, -0.25) is 13.8 Å². The van der Waals surface area contributed by atoms with Crippen molar-refractivity contribution in [2.45, 2.75) is 154 Å². The summed E-state index contributed by atoms with van der Waals surface area (Å²) in [5.74, 6) is -0.284. The van der Waals surface area contributed by atoms with Crippen molar-refractivity contribution in [3.63, 3.8) is 0 Å². The Kier molecular flexibility index (Phi) is 34.5. The van der Waals surface area contributed by atoms with Gasteiger partial charge in [-0.1, -0.05) is 163 Å². The molecule has 0 rings (SSSR count). The van der Waals surface area contributed by atoms with Gasteiger partial charge in [0.2, 0.25) is 5.91 Å². The van der Waals surface area contributed by atoms with Crippen LogP contribution in [0.1, 0.15) is 136 Å². The first-order valence-electron chi connectivity index (χ1n) is 21.1. The predicted molar refractivity (Wildman–Crippen MR) is 232 cm³/mol. The number of unbranched alkanes of at least 4 members (excludes halogenated alkanes) is 11. The van der Waals surface area contributed by atoms with E-state index < -0.39 is 26.1 Å². The summed E-state index contributed by atoms with van der Waals surface area (Å²) in [5.41, 5.74) is 0. The van der Waals surface area contributed by atoms with Crippen LogP contribution in [0.3, 0.4) is 0 Å². The summed E-state index contributed by atoms with van der Waals surface area (Å²) < 4.78 is 23.4. The quantitative estimate of drug-likeness (QED) is 0.0164. The second-order valence-electron chi connectivity index (χ2n) is 15.2. The maximum atomic E-state index is 12.8. The number of phosphoric acid groups is 1. The van der Waals surface area contributed by atoms with E-state index in [0.717, 1.165) is 44.9 Å². The minimum absolute atomic E-state index is 0.0342. The summed E-state index contributed by atoms with van der Waals surface area (Å²) in [6.45, 7) is 4.53. The summed E-state index contributed by atoms with van der Waals surface area (Å²) in [6, 6.07) is -0.906. The number of phosphoric ester groups is 1. The molecule has 1 amide bonds. The van der Waals surface area contributed by atoms with Crippen molar-refractivity contribution in [3.8, 4) is 0 Å². The van der Waals surface area contributed by atoms with Crippen LogP contribution < -0.4 is 5.32 Å². The van der Waals surface area contributed by atoms with E-state index in [9.17, 15) is 24.5 Å². The average Bonchev–Trinajstić information content (AvgIpc) is 3.13. The molecule has 0 spiro atoms. The number of rotatable bonds is 36. The van der Waals surface area contributed by atoms with Gasteiger partial charge in [0.1, 0.15) is 13.2 Å². The molecule has 4 N–H and O–H groups in total. The van der Waals surface area contributed by atoms with Gasteiger partial charge in [-0.05, 0) is 51.4 Å². The molecule has 2 unspecified atom stereocenters. The molecule has 0 saturated carbocycles. The van der Waals surface area contributed by atoms with Crippen LogP contribution in [0.5, 0.6) is 0 Å². The lowest BCUT2D eigenvalue weighted by atomic mass is 10.0. The molecule has 0 fully saturated rings. The van der Waals surface area contributed by atoms with Crippen LogP contribution in [0, 0.1) is 0 Å². The first kappa shape index (κ1) is 52.6. The number of hydrogen-bond acceptors (Lipinski definition) is 6. The molecule has 0 heterocycles. The Morgan fingerprint density at radius 1 is 0.691 bits per heavy atom. The molecule has 0 aliphatic carbocycles. The molecule has 4 atom stereocenters. The minimum Gasteiger partial charge on any atom is -0.389 e. The minimum atomic E-state index is -4.37. The smallest absolute Gasteiger partial charge is 0.389 e. The van der Waals surface area contributed by atoms with E-state index >= 15 is 0 Å². The zero-order chi connectivity index (χ0) is 40.9. The summed E-state index contributed by atoms with van der Waals surface area (Å²) in [6.07, 6.45) is 45.5. The maximum Gasteiger partial charge on any atom is 0.472 e. The van der Waals surface area contributed by atoms with Gasteiger partial charge in [0.25, 0.3) is 0 Å². The number of allylic oxidation sites excluding steroid dienone is 11. The van der Waals surface area contributed by atoms with Crippen molar-refractivity contribution >= 4 is 13.7 Å². The second kappa shape index (κ2) is 36.0. The van der Waals surface area contributed by atoms with E-state index in [4.69, 9.17) is 9.05 Å². The fourth-order valence-corrected chi connectivity index (χ4v) is 6.06. The van der Waals surface area contributed by atoms with Gasteiger partial charge in [-0.15, -0.1) is 0 Å². The zero-order valence-electron chi connectivity index (χ0n) is 35.2. The molecule has 55 heavy (non-hydrogen) atoms. The van der Waals surface area contributed by atoms with Crippen LogP contribution in [0.25, 0.3) is 0 Å². The Labute approximate surface area is 336 Å². The molecule has 0 bridgehead atoms. The van der Waals surface area contributed by atoms with Gasteiger partial charge in [0.15, 0.2) is 0 Å². The Bertz CT molecular complexity index is 1190. The van der Waals surface area contributed by atoms with Crippen LogP contribution in [-0.4, -0.2) is 84.6 Å². The summed E-state index contributed by atoms with van der Waals surface area (Å²) >= 11 is 0. The highest BCUT2D eigenvalue weighted by molar-refractivity contribution is 7.47. The number of nitrogens with zero attached hydrogens (tertiary/aromatic N) is 1.